The second-order valence-corrected chi connectivity index (χ2v) is 10.4. The van der Waals surface area contributed by atoms with E-state index in [1.807, 2.05) is 6.92 Å². The van der Waals surface area contributed by atoms with Crippen molar-refractivity contribution in [1.29, 1.82) is 0 Å². The van der Waals surface area contributed by atoms with Crippen molar-refractivity contribution in [1.82, 2.24) is 4.90 Å². The number of benzene rings is 2. The molecule has 1 aliphatic heterocycles. The van der Waals surface area contributed by atoms with Gasteiger partial charge in [0, 0.05) is 35.5 Å². The van der Waals surface area contributed by atoms with E-state index in [1.54, 1.807) is 12.1 Å². The van der Waals surface area contributed by atoms with Crippen LogP contribution in [0.25, 0.3) is 5.70 Å². The van der Waals surface area contributed by atoms with Gasteiger partial charge < -0.3 is 10.6 Å². The Hall–Kier alpha value is -2.81. The lowest BCUT2D eigenvalue weighted by molar-refractivity contribution is -0.0532. The molecule has 2 nitrogen and oxygen atoms in total. The van der Waals surface area contributed by atoms with Crippen LogP contribution in [0.5, 0.6) is 0 Å². The molecule has 2 aromatic carbocycles. The van der Waals surface area contributed by atoms with Gasteiger partial charge in [-0.25, -0.2) is 4.39 Å². The lowest BCUT2D eigenvalue weighted by Gasteiger charge is -2.60. The fourth-order valence-electron chi connectivity index (χ4n) is 5.20. The molecule has 1 saturated carbocycles. The number of allylic oxidation sites excluding steroid dienone is 3. The van der Waals surface area contributed by atoms with Gasteiger partial charge in [0.05, 0.1) is 0 Å². The Labute approximate surface area is 199 Å². The Morgan fingerprint density at radius 3 is 2.30 bits per heavy atom. The topological polar surface area (TPSA) is 29.3 Å². The van der Waals surface area contributed by atoms with Gasteiger partial charge in [-0.1, -0.05) is 68.5 Å². The molecule has 1 heterocycles. The number of nitrogens with two attached hydrogens (primary N) is 1. The highest BCUT2D eigenvalue weighted by Crippen LogP contribution is 2.55. The van der Waals surface area contributed by atoms with Gasteiger partial charge in [0.25, 0.3) is 0 Å². The van der Waals surface area contributed by atoms with Crippen molar-refractivity contribution in [3.8, 4) is 0 Å². The molecule has 0 unspecified atom stereocenters. The third-order valence-corrected chi connectivity index (χ3v) is 7.02. The minimum absolute atomic E-state index is 0.253. The number of aryl methyl sites for hydroxylation is 1. The van der Waals surface area contributed by atoms with E-state index in [0.29, 0.717) is 28.5 Å². The lowest BCUT2D eigenvalue weighted by Crippen LogP contribution is -2.61. The lowest BCUT2D eigenvalue weighted by atomic mass is 9.56. The molecule has 2 N–H and O–H groups in total. The molecule has 0 atom stereocenters. The Kier molecular flexibility index (Phi) is 7.51. The summed E-state index contributed by atoms with van der Waals surface area (Å²) in [5.74, 6) is 1.07. The van der Waals surface area contributed by atoms with Crippen LogP contribution in [0.3, 0.4) is 0 Å². The third-order valence-electron chi connectivity index (χ3n) is 7.02. The molecule has 0 radical (unpaired) electrons. The Morgan fingerprint density at radius 2 is 1.76 bits per heavy atom. The van der Waals surface area contributed by atoms with Gasteiger partial charge in [-0.3, -0.25) is 0 Å². The largest absolute Gasteiger partial charge is 0.399 e. The van der Waals surface area contributed by atoms with Crippen molar-refractivity contribution in [2.75, 3.05) is 18.8 Å². The zero-order chi connectivity index (χ0) is 24.3. The van der Waals surface area contributed by atoms with Crippen LogP contribution in [-0.4, -0.2) is 18.0 Å². The smallest absolute Gasteiger partial charge is 0.132 e. The van der Waals surface area contributed by atoms with Gasteiger partial charge in [-0.15, -0.1) is 0 Å². The van der Waals surface area contributed by atoms with E-state index in [1.165, 1.54) is 35.6 Å². The zero-order valence-corrected chi connectivity index (χ0v) is 20.9. The number of likely N-dealkylation sites (tertiary alicyclic amines) is 1. The van der Waals surface area contributed by atoms with Gasteiger partial charge in [0.15, 0.2) is 0 Å². The summed E-state index contributed by atoms with van der Waals surface area (Å²) in [4.78, 5) is 2.17. The second kappa shape index (κ2) is 9.99. The second-order valence-electron chi connectivity index (χ2n) is 10.4. The van der Waals surface area contributed by atoms with Gasteiger partial charge in [-0.05, 0) is 74.8 Å². The first-order valence-corrected chi connectivity index (χ1v) is 11.9. The summed E-state index contributed by atoms with van der Waals surface area (Å²) in [5, 5.41) is 0. The molecule has 1 spiro atoms. The van der Waals surface area contributed by atoms with E-state index >= 15 is 0 Å². The Balaban J connectivity index is 0.000000257. The van der Waals surface area contributed by atoms with Gasteiger partial charge >= 0.3 is 0 Å². The fraction of sp³-hybridized carbons (Fsp3) is 0.400. The molecule has 33 heavy (non-hydrogen) atoms. The first-order valence-electron chi connectivity index (χ1n) is 11.9. The third kappa shape index (κ3) is 5.76. The van der Waals surface area contributed by atoms with Crippen LogP contribution in [0.2, 0.25) is 0 Å². The summed E-state index contributed by atoms with van der Waals surface area (Å²) in [6, 6.07) is 13.2. The average Bonchev–Trinajstić information content (AvgIpc) is 2.67. The molecule has 2 fully saturated rings. The predicted octanol–water partition coefficient (Wildman–Crippen LogP) is 7.73. The number of hydrogen-bond donors (Lipinski definition) is 1. The number of nitrogen functional groups attached to an aromatic ring is 1. The molecule has 1 aliphatic carbocycles. The molecule has 1 saturated heterocycles. The highest BCUT2D eigenvalue weighted by molar-refractivity contribution is 5.66. The number of nitrogens with zero attached hydrogens (tertiary/aromatic N) is 1. The van der Waals surface area contributed by atoms with E-state index in [0.717, 1.165) is 24.4 Å². The standard InChI is InChI=1S/C20H25FN2.C10H14/c1-13(2)7-14(3)16-9-20(10-16)11-23(12-20)15(4)18-8-17(22)5-6-19(18)21;1-8(2)10-7-5-4-6-9(10)3/h5-8,16H,1,4,9-12,22H2,2-3H3;4-8H,1-3H3/b14-7+;. The molecule has 3 heteroatoms. The van der Waals surface area contributed by atoms with E-state index in [9.17, 15) is 4.39 Å². The SMILES string of the molecule is C=C(C)/C=C(\C)C1CC2(C1)CN(C(=C)c1cc(N)ccc1F)C2.Cc1ccccc1C(C)C. The molecular weight excluding hydrogens is 407 g/mol. The maximum atomic E-state index is 14.0. The minimum Gasteiger partial charge on any atom is -0.399 e. The molecule has 4 rings (SSSR count). The van der Waals surface area contributed by atoms with Crippen molar-refractivity contribution >= 4 is 11.4 Å². The number of hydrogen-bond acceptors (Lipinski definition) is 2. The summed E-state index contributed by atoms with van der Waals surface area (Å²) < 4.78 is 14.0. The summed E-state index contributed by atoms with van der Waals surface area (Å²) in [6.45, 7) is 20.8. The molecule has 0 aromatic heterocycles. The first-order chi connectivity index (χ1) is 15.5. The van der Waals surface area contributed by atoms with Gasteiger partial charge in [0.1, 0.15) is 5.82 Å². The van der Waals surface area contributed by atoms with Crippen molar-refractivity contribution < 1.29 is 4.39 Å². The van der Waals surface area contributed by atoms with E-state index in [-0.39, 0.29) is 5.82 Å². The van der Waals surface area contributed by atoms with Crippen molar-refractivity contribution in [3.05, 3.63) is 95.4 Å². The Morgan fingerprint density at radius 1 is 1.12 bits per heavy atom. The fourth-order valence-corrected chi connectivity index (χ4v) is 5.20. The molecular formula is C30H39FN2. The number of halogens is 1. The summed E-state index contributed by atoms with van der Waals surface area (Å²) >= 11 is 0. The molecule has 0 amide bonds. The highest BCUT2D eigenvalue weighted by Gasteiger charge is 2.52. The first kappa shape index (κ1) is 24.8. The maximum absolute atomic E-state index is 14.0. The van der Waals surface area contributed by atoms with E-state index in [2.05, 4.69) is 76.1 Å². The maximum Gasteiger partial charge on any atom is 0.132 e. The number of rotatable bonds is 5. The van der Waals surface area contributed by atoms with Crippen LogP contribution in [0.15, 0.2) is 72.8 Å². The monoisotopic (exact) mass is 446 g/mol. The summed E-state index contributed by atoms with van der Waals surface area (Å²) in [5.41, 5.74) is 13.4. The van der Waals surface area contributed by atoms with Crippen LogP contribution >= 0.6 is 0 Å². The predicted molar refractivity (Wildman–Crippen MR) is 140 cm³/mol. The van der Waals surface area contributed by atoms with Crippen LogP contribution < -0.4 is 5.73 Å². The van der Waals surface area contributed by atoms with Crippen molar-refractivity contribution in [3.63, 3.8) is 0 Å². The van der Waals surface area contributed by atoms with E-state index < -0.39 is 0 Å². The number of anilines is 1. The average molecular weight is 447 g/mol. The molecule has 2 aliphatic rings. The van der Waals surface area contributed by atoms with Crippen LogP contribution in [0, 0.1) is 24.1 Å². The minimum atomic E-state index is -0.253. The normalized spacial score (nSPS) is 17.2. The van der Waals surface area contributed by atoms with E-state index in [4.69, 9.17) is 5.73 Å². The highest BCUT2D eigenvalue weighted by atomic mass is 19.1. The van der Waals surface area contributed by atoms with Gasteiger partial charge in [-0.2, -0.15) is 0 Å². The summed E-state index contributed by atoms with van der Waals surface area (Å²) in [7, 11) is 0. The van der Waals surface area contributed by atoms with Crippen LogP contribution in [0.4, 0.5) is 10.1 Å². The molecule has 2 aromatic rings. The van der Waals surface area contributed by atoms with Crippen LogP contribution in [-0.2, 0) is 0 Å². The molecule has 176 valence electrons. The van der Waals surface area contributed by atoms with Gasteiger partial charge in [0.2, 0.25) is 0 Å². The quantitative estimate of drug-likeness (QED) is 0.376. The molecule has 0 bridgehead atoms. The summed E-state index contributed by atoms with van der Waals surface area (Å²) in [6.07, 6.45) is 4.62. The van der Waals surface area contributed by atoms with Crippen molar-refractivity contribution in [2.24, 2.45) is 11.3 Å². The van der Waals surface area contributed by atoms with Crippen molar-refractivity contribution in [2.45, 2.75) is 53.4 Å². The van der Waals surface area contributed by atoms with Crippen LogP contribution in [0.1, 0.15) is 63.1 Å². The Bertz CT molecular complexity index is 1050. The zero-order valence-electron chi connectivity index (χ0n) is 20.9.